The summed E-state index contributed by atoms with van der Waals surface area (Å²) >= 11 is 1.89. The molecule has 54 valence electrons. The zero-order valence-electron chi connectivity index (χ0n) is 5.59. The van der Waals surface area contributed by atoms with E-state index in [9.17, 15) is 0 Å². The fraction of sp³-hybridized carbons (Fsp3) is 0.429. The number of furan rings is 1. The van der Waals surface area contributed by atoms with E-state index in [2.05, 4.69) is 6.07 Å². The van der Waals surface area contributed by atoms with E-state index in [-0.39, 0.29) is 0 Å². The van der Waals surface area contributed by atoms with Crippen molar-refractivity contribution in [2.45, 2.75) is 18.1 Å². The average molecular weight is 155 g/mol. The molecule has 0 aromatic carbocycles. The second-order valence-corrected chi connectivity index (χ2v) is 3.34. The fourth-order valence-corrected chi connectivity index (χ4v) is 2.12. The first-order valence-electron chi connectivity index (χ1n) is 3.28. The van der Waals surface area contributed by atoms with Crippen molar-refractivity contribution < 1.29 is 4.42 Å². The van der Waals surface area contributed by atoms with Crippen molar-refractivity contribution in [3.63, 3.8) is 0 Å². The van der Waals surface area contributed by atoms with Crippen LogP contribution in [0, 0.1) is 0 Å². The van der Waals surface area contributed by atoms with Gasteiger partial charge in [-0.1, -0.05) is 0 Å². The number of fused-ring (bicyclic) bond motifs is 1. The van der Waals surface area contributed by atoms with Gasteiger partial charge in [-0.25, -0.2) is 0 Å². The maximum Gasteiger partial charge on any atom is 0.118 e. The molecule has 1 aromatic heterocycles. The summed E-state index contributed by atoms with van der Waals surface area (Å²) in [4.78, 5) is 0. The Hall–Kier alpha value is -0.410. The SMILES string of the molecule is NCc1cc2c(o1)CSC2. The smallest absolute Gasteiger partial charge is 0.118 e. The number of thioether (sulfide) groups is 1. The zero-order chi connectivity index (χ0) is 6.97. The molecule has 2 rings (SSSR count). The van der Waals surface area contributed by atoms with Crippen LogP contribution in [0.4, 0.5) is 0 Å². The summed E-state index contributed by atoms with van der Waals surface area (Å²) in [6.45, 7) is 0.525. The van der Waals surface area contributed by atoms with Gasteiger partial charge in [0.05, 0.1) is 12.3 Å². The number of rotatable bonds is 1. The molecule has 3 heteroatoms. The molecule has 0 unspecified atom stereocenters. The minimum atomic E-state index is 0.525. The summed E-state index contributed by atoms with van der Waals surface area (Å²) in [5, 5.41) is 0. The topological polar surface area (TPSA) is 39.2 Å². The van der Waals surface area contributed by atoms with Gasteiger partial charge in [0, 0.05) is 11.3 Å². The highest BCUT2D eigenvalue weighted by atomic mass is 32.2. The summed E-state index contributed by atoms with van der Waals surface area (Å²) in [7, 11) is 0. The molecular formula is C7H9NOS. The van der Waals surface area contributed by atoms with Crippen LogP contribution in [0.3, 0.4) is 0 Å². The van der Waals surface area contributed by atoms with Crippen LogP contribution in [0.2, 0.25) is 0 Å². The normalized spacial score (nSPS) is 15.7. The van der Waals surface area contributed by atoms with Crippen molar-refractivity contribution in [2.24, 2.45) is 5.73 Å². The molecule has 0 fully saturated rings. The number of nitrogens with two attached hydrogens (primary N) is 1. The Kier molecular flexibility index (Phi) is 1.47. The second kappa shape index (κ2) is 2.32. The van der Waals surface area contributed by atoms with E-state index in [1.807, 2.05) is 11.8 Å². The van der Waals surface area contributed by atoms with Gasteiger partial charge in [0.15, 0.2) is 0 Å². The van der Waals surface area contributed by atoms with Gasteiger partial charge in [-0.05, 0) is 6.07 Å². The van der Waals surface area contributed by atoms with Gasteiger partial charge in [-0.2, -0.15) is 0 Å². The molecule has 1 aromatic rings. The largest absolute Gasteiger partial charge is 0.464 e. The maximum absolute atomic E-state index is 5.43. The molecule has 1 aliphatic heterocycles. The predicted octanol–water partition coefficient (Wildman–Crippen LogP) is 1.49. The second-order valence-electron chi connectivity index (χ2n) is 2.36. The molecule has 2 heterocycles. The van der Waals surface area contributed by atoms with Crippen LogP contribution in [-0.4, -0.2) is 0 Å². The van der Waals surface area contributed by atoms with E-state index < -0.39 is 0 Å². The van der Waals surface area contributed by atoms with Gasteiger partial charge in [-0.15, -0.1) is 11.8 Å². The molecule has 0 saturated heterocycles. The monoisotopic (exact) mass is 155 g/mol. The van der Waals surface area contributed by atoms with Crippen molar-refractivity contribution in [1.29, 1.82) is 0 Å². The molecule has 0 atom stereocenters. The van der Waals surface area contributed by atoms with Crippen molar-refractivity contribution >= 4 is 11.8 Å². The van der Waals surface area contributed by atoms with Crippen LogP contribution in [0.1, 0.15) is 17.1 Å². The third kappa shape index (κ3) is 0.859. The minimum Gasteiger partial charge on any atom is -0.464 e. The Balaban J connectivity index is 2.37. The molecule has 1 aliphatic rings. The Morgan fingerprint density at radius 3 is 3.20 bits per heavy atom. The summed E-state index contributed by atoms with van der Waals surface area (Å²) < 4.78 is 5.43. The Morgan fingerprint density at radius 2 is 2.50 bits per heavy atom. The van der Waals surface area contributed by atoms with E-state index in [0.29, 0.717) is 6.54 Å². The maximum atomic E-state index is 5.43. The average Bonchev–Trinajstić information content (AvgIpc) is 2.42. The van der Waals surface area contributed by atoms with Gasteiger partial charge in [0.25, 0.3) is 0 Å². The first-order valence-corrected chi connectivity index (χ1v) is 4.44. The van der Waals surface area contributed by atoms with E-state index in [1.54, 1.807) is 0 Å². The lowest BCUT2D eigenvalue weighted by Crippen LogP contribution is -1.93. The summed E-state index contributed by atoms with van der Waals surface area (Å²) in [6, 6.07) is 2.06. The Labute approximate surface area is 63.8 Å². The van der Waals surface area contributed by atoms with Crippen molar-refractivity contribution in [3.05, 3.63) is 23.2 Å². The fourth-order valence-electron chi connectivity index (χ4n) is 1.13. The molecule has 2 N–H and O–H groups in total. The number of hydrogen-bond donors (Lipinski definition) is 1. The summed E-state index contributed by atoms with van der Waals surface area (Å²) in [6.07, 6.45) is 0. The molecule has 10 heavy (non-hydrogen) atoms. The Morgan fingerprint density at radius 1 is 1.60 bits per heavy atom. The van der Waals surface area contributed by atoms with Crippen molar-refractivity contribution in [2.75, 3.05) is 0 Å². The van der Waals surface area contributed by atoms with Gasteiger partial charge in [-0.3, -0.25) is 0 Å². The van der Waals surface area contributed by atoms with Gasteiger partial charge >= 0.3 is 0 Å². The molecule has 0 spiro atoms. The molecular weight excluding hydrogens is 146 g/mol. The Bertz CT molecular complexity index is 222. The lowest BCUT2D eigenvalue weighted by Gasteiger charge is -1.87. The molecule has 0 saturated carbocycles. The molecule has 0 amide bonds. The highest BCUT2D eigenvalue weighted by Gasteiger charge is 2.15. The first-order chi connectivity index (χ1) is 4.90. The third-order valence-electron chi connectivity index (χ3n) is 1.64. The predicted molar refractivity (Wildman–Crippen MR) is 41.6 cm³/mol. The quantitative estimate of drug-likeness (QED) is 0.667. The molecule has 2 nitrogen and oxygen atoms in total. The van der Waals surface area contributed by atoms with E-state index >= 15 is 0 Å². The minimum absolute atomic E-state index is 0.525. The van der Waals surface area contributed by atoms with Crippen LogP contribution in [0.5, 0.6) is 0 Å². The third-order valence-corrected chi connectivity index (χ3v) is 2.62. The molecule has 0 bridgehead atoms. The van der Waals surface area contributed by atoms with Crippen molar-refractivity contribution in [3.8, 4) is 0 Å². The number of hydrogen-bond acceptors (Lipinski definition) is 3. The highest BCUT2D eigenvalue weighted by molar-refractivity contribution is 7.98. The van der Waals surface area contributed by atoms with Crippen LogP contribution in [0.25, 0.3) is 0 Å². The van der Waals surface area contributed by atoms with Gasteiger partial charge < -0.3 is 10.2 Å². The van der Waals surface area contributed by atoms with Crippen molar-refractivity contribution in [1.82, 2.24) is 0 Å². The van der Waals surface area contributed by atoms with Crippen LogP contribution in [0.15, 0.2) is 10.5 Å². The van der Waals surface area contributed by atoms with Crippen LogP contribution in [-0.2, 0) is 18.1 Å². The van der Waals surface area contributed by atoms with Crippen LogP contribution < -0.4 is 5.73 Å². The van der Waals surface area contributed by atoms with Gasteiger partial charge in [0.1, 0.15) is 11.5 Å². The van der Waals surface area contributed by atoms with Gasteiger partial charge in [0.2, 0.25) is 0 Å². The molecule has 0 aliphatic carbocycles. The van der Waals surface area contributed by atoms with E-state index in [0.717, 1.165) is 23.0 Å². The van der Waals surface area contributed by atoms with E-state index in [4.69, 9.17) is 10.2 Å². The van der Waals surface area contributed by atoms with Crippen LogP contribution >= 0.6 is 11.8 Å². The first kappa shape index (κ1) is 6.31. The highest BCUT2D eigenvalue weighted by Crippen LogP contribution is 2.31. The lowest BCUT2D eigenvalue weighted by molar-refractivity contribution is 0.482. The van der Waals surface area contributed by atoms with E-state index in [1.165, 1.54) is 5.56 Å². The zero-order valence-corrected chi connectivity index (χ0v) is 6.41. The molecule has 0 radical (unpaired) electrons. The lowest BCUT2D eigenvalue weighted by atomic mass is 10.3. The summed E-state index contributed by atoms with van der Waals surface area (Å²) in [5.74, 6) is 4.17. The standard InChI is InChI=1S/C7H9NOS/c8-2-6-1-5-3-10-4-7(5)9-6/h1H,2-4,8H2. The summed E-state index contributed by atoms with van der Waals surface area (Å²) in [5.41, 5.74) is 6.75.